The van der Waals surface area contributed by atoms with E-state index in [1.54, 1.807) is 36.9 Å². The monoisotopic (exact) mass is 485 g/mol. The molecule has 0 radical (unpaired) electrons. The van der Waals surface area contributed by atoms with Gasteiger partial charge in [-0.25, -0.2) is 0 Å². The normalized spacial score (nSPS) is 16.7. The number of nitrogens with zero attached hydrogens (tertiary/aromatic N) is 1. The fraction of sp³-hybridized carbons (Fsp3) is 0.435. The van der Waals surface area contributed by atoms with Crippen molar-refractivity contribution in [1.29, 1.82) is 0 Å². The molecule has 0 unspecified atom stereocenters. The van der Waals surface area contributed by atoms with Gasteiger partial charge in [0.25, 0.3) is 0 Å². The molecular formula is C23H26F3NO5S. The van der Waals surface area contributed by atoms with Crippen molar-refractivity contribution in [2.24, 2.45) is 5.92 Å². The number of amides is 1. The number of carbonyl (C=O) groups excluding carboxylic acids is 1. The molecule has 1 amide bonds. The summed E-state index contributed by atoms with van der Waals surface area (Å²) in [6.45, 7) is 4.59. The molecular weight excluding hydrogens is 459 g/mol. The molecule has 2 aromatic rings. The van der Waals surface area contributed by atoms with Crippen LogP contribution in [-0.2, 0) is 32.4 Å². The first kappa shape index (κ1) is 25.0. The first-order valence-corrected chi connectivity index (χ1v) is 12.0. The largest absolute Gasteiger partial charge is 0.416 e. The van der Waals surface area contributed by atoms with E-state index in [4.69, 9.17) is 8.92 Å². The minimum absolute atomic E-state index is 0.0520. The highest BCUT2D eigenvalue weighted by molar-refractivity contribution is 7.87. The average molecular weight is 486 g/mol. The Hall–Kier alpha value is -2.59. The van der Waals surface area contributed by atoms with Crippen molar-refractivity contribution < 1.29 is 35.3 Å². The first-order chi connectivity index (χ1) is 15.5. The van der Waals surface area contributed by atoms with Crippen molar-refractivity contribution in [3.8, 4) is 5.75 Å². The summed E-state index contributed by atoms with van der Waals surface area (Å²) in [5, 5.41) is 0. The van der Waals surface area contributed by atoms with Gasteiger partial charge in [-0.2, -0.15) is 21.6 Å². The molecule has 33 heavy (non-hydrogen) atoms. The van der Waals surface area contributed by atoms with Gasteiger partial charge in [0.2, 0.25) is 5.91 Å². The van der Waals surface area contributed by atoms with Crippen molar-refractivity contribution >= 4 is 16.0 Å². The number of benzene rings is 2. The highest BCUT2D eigenvalue weighted by atomic mass is 32.2. The molecule has 1 aliphatic heterocycles. The van der Waals surface area contributed by atoms with Gasteiger partial charge in [0.05, 0.1) is 11.7 Å². The van der Waals surface area contributed by atoms with Crippen LogP contribution in [0.1, 0.15) is 37.8 Å². The second-order valence-electron chi connectivity index (χ2n) is 8.18. The van der Waals surface area contributed by atoms with Gasteiger partial charge in [-0.05, 0) is 37.1 Å². The van der Waals surface area contributed by atoms with E-state index in [1.165, 1.54) is 6.07 Å². The lowest BCUT2D eigenvalue weighted by molar-refractivity contribution is -0.138. The SMILES string of the molecule is CC(C)C(=O)N(Cc1ccccc1OS(=O)(=O)c1cccc(C(F)(F)F)c1)C[C@H]1CCCO1. The van der Waals surface area contributed by atoms with Crippen LogP contribution in [-0.4, -0.2) is 38.5 Å². The maximum absolute atomic E-state index is 13.0. The van der Waals surface area contributed by atoms with E-state index in [1.807, 2.05) is 0 Å². The molecule has 0 aliphatic carbocycles. The third-order valence-corrected chi connectivity index (χ3v) is 6.47. The second kappa shape index (κ2) is 10.1. The molecule has 1 atom stereocenters. The summed E-state index contributed by atoms with van der Waals surface area (Å²) in [6.07, 6.45) is -3.06. The van der Waals surface area contributed by atoms with Crippen LogP contribution in [0.3, 0.4) is 0 Å². The van der Waals surface area contributed by atoms with Crippen molar-refractivity contribution in [3.05, 3.63) is 59.7 Å². The molecule has 0 bridgehead atoms. The molecule has 1 saturated heterocycles. The number of para-hydroxylation sites is 1. The van der Waals surface area contributed by atoms with Gasteiger partial charge in [-0.15, -0.1) is 0 Å². The Labute approximate surface area is 191 Å². The van der Waals surface area contributed by atoms with E-state index in [0.717, 1.165) is 31.0 Å². The summed E-state index contributed by atoms with van der Waals surface area (Å²) in [7, 11) is -4.54. The van der Waals surface area contributed by atoms with Crippen molar-refractivity contribution in [1.82, 2.24) is 4.90 Å². The zero-order valence-electron chi connectivity index (χ0n) is 18.3. The first-order valence-electron chi connectivity index (χ1n) is 10.6. The molecule has 0 spiro atoms. The summed E-state index contributed by atoms with van der Waals surface area (Å²) in [4.78, 5) is 13.8. The molecule has 180 valence electrons. The highest BCUT2D eigenvalue weighted by Crippen LogP contribution is 2.32. The standard InChI is InChI=1S/C23H26F3NO5S/c1-16(2)22(28)27(15-19-9-6-12-31-19)14-17-7-3-4-11-21(17)32-33(29,30)20-10-5-8-18(13-20)23(24,25)26/h3-5,7-8,10-11,13,16,19H,6,9,12,14-15H2,1-2H3/t19-/m1/s1. The van der Waals surface area contributed by atoms with E-state index in [2.05, 4.69) is 0 Å². The fourth-order valence-electron chi connectivity index (χ4n) is 3.55. The number of hydrogen-bond donors (Lipinski definition) is 0. The van der Waals surface area contributed by atoms with Crippen LogP contribution in [0.2, 0.25) is 0 Å². The van der Waals surface area contributed by atoms with Gasteiger partial charge in [-0.1, -0.05) is 38.1 Å². The van der Waals surface area contributed by atoms with Crippen LogP contribution in [0.25, 0.3) is 0 Å². The van der Waals surface area contributed by atoms with Crippen molar-refractivity contribution in [2.45, 2.75) is 50.4 Å². The second-order valence-corrected chi connectivity index (χ2v) is 9.73. The lowest BCUT2D eigenvalue weighted by Crippen LogP contribution is -2.39. The molecule has 0 N–H and O–H groups in total. The molecule has 1 heterocycles. The number of ether oxygens (including phenoxy) is 1. The molecule has 6 nitrogen and oxygen atoms in total. The van der Waals surface area contributed by atoms with Gasteiger partial charge < -0.3 is 13.8 Å². The third kappa shape index (κ3) is 6.48. The minimum atomic E-state index is -4.69. The molecule has 0 aromatic heterocycles. The predicted octanol–water partition coefficient (Wildman–Crippen LogP) is 4.64. The smallest absolute Gasteiger partial charge is 0.379 e. The fourth-order valence-corrected chi connectivity index (χ4v) is 4.56. The van der Waals surface area contributed by atoms with E-state index in [-0.39, 0.29) is 30.2 Å². The van der Waals surface area contributed by atoms with Gasteiger partial charge in [-0.3, -0.25) is 4.79 Å². The van der Waals surface area contributed by atoms with Crippen LogP contribution in [0.5, 0.6) is 5.75 Å². The van der Waals surface area contributed by atoms with Gasteiger partial charge in [0.1, 0.15) is 10.6 Å². The summed E-state index contributed by atoms with van der Waals surface area (Å²) < 4.78 is 75.4. The maximum atomic E-state index is 13.0. The summed E-state index contributed by atoms with van der Waals surface area (Å²) >= 11 is 0. The van der Waals surface area contributed by atoms with Crippen LogP contribution in [0, 0.1) is 5.92 Å². The Morgan fingerprint density at radius 1 is 1.18 bits per heavy atom. The van der Waals surface area contributed by atoms with E-state index in [9.17, 15) is 26.4 Å². The number of rotatable bonds is 8. The Kier molecular flexibility index (Phi) is 7.69. The molecule has 1 aliphatic rings. The van der Waals surface area contributed by atoms with Gasteiger partial charge in [0.15, 0.2) is 0 Å². The zero-order chi connectivity index (χ0) is 24.2. The minimum Gasteiger partial charge on any atom is -0.379 e. The molecule has 0 saturated carbocycles. The van der Waals surface area contributed by atoms with Crippen molar-refractivity contribution in [2.75, 3.05) is 13.2 Å². The van der Waals surface area contributed by atoms with Crippen LogP contribution in [0.4, 0.5) is 13.2 Å². The topological polar surface area (TPSA) is 72.9 Å². The summed E-state index contributed by atoms with van der Waals surface area (Å²) in [5.41, 5.74) is -0.675. The molecule has 1 fully saturated rings. The summed E-state index contributed by atoms with van der Waals surface area (Å²) in [5.74, 6) is -0.460. The van der Waals surface area contributed by atoms with Crippen molar-refractivity contribution in [3.63, 3.8) is 0 Å². The summed E-state index contributed by atoms with van der Waals surface area (Å²) in [6, 6.07) is 9.61. The Balaban J connectivity index is 1.86. The Morgan fingerprint density at radius 3 is 2.55 bits per heavy atom. The lowest BCUT2D eigenvalue weighted by Gasteiger charge is -2.28. The number of carbonyl (C=O) groups is 1. The molecule has 10 heteroatoms. The Morgan fingerprint density at radius 2 is 1.91 bits per heavy atom. The van der Waals surface area contributed by atoms with E-state index >= 15 is 0 Å². The van der Waals surface area contributed by atoms with Crippen LogP contribution < -0.4 is 4.18 Å². The van der Waals surface area contributed by atoms with E-state index in [0.29, 0.717) is 24.8 Å². The Bertz CT molecular complexity index is 1080. The highest BCUT2D eigenvalue weighted by Gasteiger charge is 2.32. The van der Waals surface area contributed by atoms with Crippen LogP contribution in [0.15, 0.2) is 53.4 Å². The van der Waals surface area contributed by atoms with E-state index < -0.39 is 26.8 Å². The zero-order valence-corrected chi connectivity index (χ0v) is 19.2. The third-order valence-electron chi connectivity index (χ3n) is 5.24. The number of halogens is 3. The molecule has 2 aromatic carbocycles. The molecule has 3 rings (SSSR count). The lowest BCUT2D eigenvalue weighted by atomic mass is 10.1. The quantitative estimate of drug-likeness (QED) is 0.510. The average Bonchev–Trinajstić information content (AvgIpc) is 3.26. The number of alkyl halides is 3. The predicted molar refractivity (Wildman–Crippen MR) is 115 cm³/mol. The number of hydrogen-bond acceptors (Lipinski definition) is 5. The van der Waals surface area contributed by atoms with Crippen LogP contribution >= 0.6 is 0 Å². The van der Waals surface area contributed by atoms with Gasteiger partial charge >= 0.3 is 16.3 Å². The van der Waals surface area contributed by atoms with Gasteiger partial charge in [0, 0.05) is 31.2 Å². The maximum Gasteiger partial charge on any atom is 0.416 e.